The first kappa shape index (κ1) is 11.4. The number of hydrogen-bond acceptors (Lipinski definition) is 5. The van der Waals surface area contributed by atoms with Gasteiger partial charge >= 0.3 is 17.3 Å². The topological polar surface area (TPSA) is 95.5 Å². The Morgan fingerprint density at radius 1 is 1.53 bits per heavy atom. The van der Waals surface area contributed by atoms with Crippen LogP contribution in [0.5, 0.6) is 0 Å². The van der Waals surface area contributed by atoms with Gasteiger partial charge < -0.3 is 9.84 Å². The van der Waals surface area contributed by atoms with Gasteiger partial charge in [-0.1, -0.05) is 12.2 Å². The molecule has 2 heterocycles. The summed E-state index contributed by atoms with van der Waals surface area (Å²) in [6.45, 7) is -0.548. The average Bonchev–Trinajstić information content (AvgIpc) is 2.60. The lowest BCUT2D eigenvalue weighted by Crippen LogP contribution is -2.36. The van der Waals surface area contributed by atoms with Gasteiger partial charge in [0.15, 0.2) is 6.04 Å². The maximum Gasteiger partial charge on any atom is 0.350 e. The number of esters is 1. The molecule has 8 nitrogen and oxygen atoms in total. The Bertz CT molecular complexity index is 591. The highest BCUT2D eigenvalue weighted by molar-refractivity contribution is 5.76. The molecule has 0 saturated carbocycles. The van der Waals surface area contributed by atoms with Crippen LogP contribution in [0.15, 0.2) is 21.7 Å². The van der Waals surface area contributed by atoms with Gasteiger partial charge in [0.05, 0.1) is 13.7 Å². The maximum atomic E-state index is 11.8. The van der Waals surface area contributed by atoms with E-state index in [-0.39, 0.29) is 6.54 Å². The Morgan fingerprint density at radius 2 is 2.24 bits per heavy atom. The molecule has 0 fully saturated rings. The molecule has 8 heteroatoms. The highest BCUT2D eigenvalue weighted by atomic mass is 16.5. The minimum absolute atomic E-state index is 0.175. The number of aliphatic hydroxyl groups is 1. The van der Waals surface area contributed by atoms with E-state index >= 15 is 0 Å². The van der Waals surface area contributed by atoms with Crippen molar-refractivity contribution in [3.63, 3.8) is 0 Å². The summed E-state index contributed by atoms with van der Waals surface area (Å²) in [5, 5.41) is 8.93. The number of allylic oxidation sites excluding steroid dienone is 1. The van der Waals surface area contributed by atoms with Gasteiger partial charge in [-0.2, -0.15) is 0 Å². The lowest BCUT2D eigenvalue weighted by molar-refractivity contribution is -0.143. The molecule has 17 heavy (non-hydrogen) atoms. The number of ether oxygens (including phenoxy) is 1. The second-order valence-electron chi connectivity index (χ2n) is 3.46. The predicted octanol–water partition coefficient (Wildman–Crippen LogP) is -1.95. The lowest BCUT2D eigenvalue weighted by atomic mass is 10.2. The zero-order chi connectivity index (χ0) is 12.6. The molecule has 0 bridgehead atoms. The number of nitrogens with zero attached hydrogens (tertiary/aromatic N) is 3. The van der Waals surface area contributed by atoms with Crippen molar-refractivity contribution in [2.24, 2.45) is 0 Å². The van der Waals surface area contributed by atoms with Crippen molar-refractivity contribution in [3.8, 4) is 0 Å². The van der Waals surface area contributed by atoms with Gasteiger partial charge in [-0.15, -0.1) is 0 Å². The van der Waals surface area contributed by atoms with E-state index in [1.807, 2.05) is 0 Å². The first-order chi connectivity index (χ1) is 8.11. The highest BCUT2D eigenvalue weighted by Crippen LogP contribution is 2.11. The lowest BCUT2D eigenvalue weighted by Gasteiger charge is -2.18. The van der Waals surface area contributed by atoms with Crippen molar-refractivity contribution in [2.45, 2.75) is 19.3 Å². The molecular weight excluding hydrogens is 230 g/mol. The summed E-state index contributed by atoms with van der Waals surface area (Å²) >= 11 is 0. The van der Waals surface area contributed by atoms with Crippen molar-refractivity contribution in [1.29, 1.82) is 0 Å². The monoisotopic (exact) mass is 241 g/mol. The van der Waals surface area contributed by atoms with E-state index in [9.17, 15) is 14.4 Å². The molecule has 0 saturated heterocycles. The molecule has 1 aliphatic heterocycles. The molecule has 1 aromatic heterocycles. The number of hydrogen-bond donors (Lipinski definition) is 1. The van der Waals surface area contributed by atoms with Crippen LogP contribution >= 0.6 is 0 Å². The minimum atomic E-state index is -0.971. The van der Waals surface area contributed by atoms with Gasteiger partial charge in [0.2, 0.25) is 0 Å². The van der Waals surface area contributed by atoms with Crippen molar-refractivity contribution in [2.75, 3.05) is 7.11 Å². The summed E-state index contributed by atoms with van der Waals surface area (Å²) in [4.78, 5) is 35.0. The molecule has 0 radical (unpaired) electrons. The summed E-state index contributed by atoms with van der Waals surface area (Å²) in [7, 11) is 1.20. The molecule has 0 amide bonds. The zero-order valence-electron chi connectivity index (χ0n) is 9.07. The van der Waals surface area contributed by atoms with Gasteiger partial charge in [-0.25, -0.2) is 28.3 Å². The fourth-order valence-corrected chi connectivity index (χ4v) is 1.77. The van der Waals surface area contributed by atoms with Crippen LogP contribution in [0.25, 0.3) is 0 Å². The number of carbonyl (C=O) groups is 1. The molecule has 1 N–H and O–H groups in total. The smallest absolute Gasteiger partial charge is 0.350 e. The van der Waals surface area contributed by atoms with Gasteiger partial charge in [-0.05, 0) is 0 Å². The first-order valence-corrected chi connectivity index (χ1v) is 4.89. The molecule has 1 unspecified atom stereocenters. The third kappa shape index (κ3) is 1.53. The Labute approximate surface area is 94.9 Å². The van der Waals surface area contributed by atoms with Gasteiger partial charge in [0.1, 0.15) is 6.73 Å². The molecule has 0 aromatic carbocycles. The number of carbonyl (C=O) groups excluding carboxylic acids is 1. The van der Waals surface area contributed by atoms with E-state index < -0.39 is 30.1 Å². The van der Waals surface area contributed by atoms with Crippen LogP contribution in [-0.2, 0) is 22.8 Å². The fraction of sp³-hybridized carbons (Fsp3) is 0.444. The molecule has 0 spiro atoms. The van der Waals surface area contributed by atoms with Crippen LogP contribution in [0.1, 0.15) is 6.04 Å². The Hall–Kier alpha value is -2.09. The Balaban J connectivity index is 2.66. The second-order valence-corrected chi connectivity index (χ2v) is 3.46. The van der Waals surface area contributed by atoms with Crippen molar-refractivity contribution >= 4 is 5.97 Å². The van der Waals surface area contributed by atoms with E-state index in [0.29, 0.717) is 4.57 Å². The molecule has 1 atom stereocenters. The highest BCUT2D eigenvalue weighted by Gasteiger charge is 2.28. The summed E-state index contributed by atoms with van der Waals surface area (Å²) in [6.07, 6.45) is 3.07. The van der Waals surface area contributed by atoms with Gasteiger partial charge in [-0.3, -0.25) is 0 Å². The maximum absolute atomic E-state index is 11.8. The first-order valence-electron chi connectivity index (χ1n) is 4.89. The van der Waals surface area contributed by atoms with Crippen LogP contribution in [-0.4, -0.2) is 32.1 Å². The van der Waals surface area contributed by atoms with E-state index in [4.69, 9.17) is 5.11 Å². The van der Waals surface area contributed by atoms with Crippen LogP contribution in [0.2, 0.25) is 0 Å². The normalized spacial score (nSPS) is 17.9. The van der Waals surface area contributed by atoms with Crippen LogP contribution in [0.3, 0.4) is 0 Å². The second kappa shape index (κ2) is 4.06. The third-order valence-electron chi connectivity index (χ3n) is 2.58. The molecular formula is C9H11N3O5. The Kier molecular flexibility index (Phi) is 2.72. The number of methoxy groups -OCH3 is 1. The molecule has 1 aliphatic rings. The minimum Gasteiger partial charge on any atom is -0.467 e. The van der Waals surface area contributed by atoms with Crippen LogP contribution in [0, 0.1) is 0 Å². The average molecular weight is 241 g/mol. The molecule has 2 rings (SSSR count). The SMILES string of the molecule is COC(=O)C1C=CCn2c(=O)n(CO)c(=O)n21. The number of aliphatic hydroxyl groups excluding tert-OH is 1. The van der Waals surface area contributed by atoms with E-state index in [0.717, 1.165) is 9.36 Å². The number of aromatic nitrogens is 3. The quantitative estimate of drug-likeness (QED) is 0.479. The van der Waals surface area contributed by atoms with Crippen molar-refractivity contribution in [3.05, 3.63) is 33.1 Å². The summed E-state index contributed by atoms with van der Waals surface area (Å²) in [5.74, 6) is -0.646. The zero-order valence-corrected chi connectivity index (χ0v) is 9.07. The van der Waals surface area contributed by atoms with Crippen molar-refractivity contribution in [1.82, 2.24) is 13.9 Å². The third-order valence-corrected chi connectivity index (χ3v) is 2.58. The standard InChI is InChI=1S/C9H11N3O5/c1-17-7(14)6-3-2-4-11-8(15)10(5-13)9(16)12(6)11/h2-3,6,13H,4-5H2,1H3. The summed E-state index contributed by atoms with van der Waals surface area (Å²) in [6, 6.07) is -0.971. The Morgan fingerprint density at radius 3 is 2.82 bits per heavy atom. The van der Waals surface area contributed by atoms with Gasteiger partial charge in [0.25, 0.3) is 0 Å². The van der Waals surface area contributed by atoms with Crippen LogP contribution < -0.4 is 11.4 Å². The fourth-order valence-electron chi connectivity index (χ4n) is 1.77. The summed E-state index contributed by atoms with van der Waals surface area (Å²) < 4.78 is 7.25. The predicted molar refractivity (Wildman–Crippen MR) is 55.4 cm³/mol. The molecule has 1 aromatic rings. The molecule has 92 valence electrons. The largest absolute Gasteiger partial charge is 0.467 e. The van der Waals surface area contributed by atoms with Crippen molar-refractivity contribution < 1.29 is 14.6 Å². The van der Waals surface area contributed by atoms with Gasteiger partial charge in [0, 0.05) is 0 Å². The number of fused-ring (bicyclic) bond motifs is 1. The summed E-state index contributed by atoms with van der Waals surface area (Å²) in [5.41, 5.74) is -1.40. The van der Waals surface area contributed by atoms with Crippen LogP contribution in [0.4, 0.5) is 0 Å². The molecule has 0 aliphatic carbocycles. The number of rotatable bonds is 2. The van der Waals surface area contributed by atoms with E-state index in [2.05, 4.69) is 4.74 Å². The van der Waals surface area contributed by atoms with E-state index in [1.54, 1.807) is 6.08 Å². The van der Waals surface area contributed by atoms with E-state index in [1.165, 1.54) is 13.2 Å².